The molecule has 2 aromatic rings. The summed E-state index contributed by atoms with van der Waals surface area (Å²) in [6.45, 7) is 1.71. The van der Waals surface area contributed by atoms with Gasteiger partial charge in [0.25, 0.3) is 5.91 Å². The van der Waals surface area contributed by atoms with Crippen molar-refractivity contribution in [2.24, 2.45) is 7.05 Å². The zero-order valence-corrected chi connectivity index (χ0v) is 11.5. The predicted molar refractivity (Wildman–Crippen MR) is 74.1 cm³/mol. The summed E-state index contributed by atoms with van der Waals surface area (Å²) in [5.41, 5.74) is 1.34. The van der Waals surface area contributed by atoms with Crippen molar-refractivity contribution in [3.05, 3.63) is 36.4 Å². The average Bonchev–Trinajstić information content (AvgIpc) is 2.95. The second kappa shape index (κ2) is 5.71. The number of hydrogen-bond donors (Lipinski definition) is 1. The number of hydrogen-bond acceptors (Lipinski definition) is 3. The van der Waals surface area contributed by atoms with Gasteiger partial charge in [0, 0.05) is 26.0 Å². The zero-order valence-electron chi connectivity index (χ0n) is 11.5. The van der Waals surface area contributed by atoms with Gasteiger partial charge in [0.05, 0.1) is 18.4 Å². The van der Waals surface area contributed by atoms with E-state index in [0.29, 0.717) is 11.4 Å². The average molecular weight is 261 g/mol. The Morgan fingerprint density at radius 3 is 2.89 bits per heavy atom. The Hall–Kier alpha value is -2.08. The molecule has 102 valence electrons. The third kappa shape index (κ3) is 3.45. The molecule has 2 rings (SSSR count). The van der Waals surface area contributed by atoms with Gasteiger partial charge in [-0.15, -0.1) is 0 Å². The second-order valence-corrected chi connectivity index (χ2v) is 4.75. The minimum atomic E-state index is -0.125. The molecule has 6 heteroatoms. The Morgan fingerprint density at radius 2 is 2.26 bits per heavy atom. The van der Waals surface area contributed by atoms with Crippen molar-refractivity contribution < 1.29 is 4.79 Å². The van der Waals surface area contributed by atoms with Crippen LogP contribution in [0.4, 0.5) is 5.69 Å². The van der Waals surface area contributed by atoms with E-state index in [-0.39, 0.29) is 5.91 Å². The number of likely N-dealkylation sites (N-methyl/N-ethyl adjacent to an activating group) is 1. The van der Waals surface area contributed by atoms with Crippen LogP contribution in [0.3, 0.4) is 0 Å². The highest BCUT2D eigenvalue weighted by molar-refractivity contribution is 6.03. The number of anilines is 1. The molecular formula is C13H19N5O. The Kier molecular flexibility index (Phi) is 4.01. The molecule has 0 unspecified atom stereocenters. The van der Waals surface area contributed by atoms with Gasteiger partial charge in [-0.2, -0.15) is 5.10 Å². The summed E-state index contributed by atoms with van der Waals surface area (Å²) in [5, 5.41) is 7.05. The van der Waals surface area contributed by atoms with E-state index in [9.17, 15) is 4.79 Å². The van der Waals surface area contributed by atoms with Crippen LogP contribution >= 0.6 is 0 Å². The van der Waals surface area contributed by atoms with Gasteiger partial charge in [-0.1, -0.05) is 0 Å². The summed E-state index contributed by atoms with van der Waals surface area (Å²) in [4.78, 5) is 14.1. The van der Waals surface area contributed by atoms with Crippen molar-refractivity contribution in [3.63, 3.8) is 0 Å². The lowest BCUT2D eigenvalue weighted by Crippen LogP contribution is -2.18. The summed E-state index contributed by atoms with van der Waals surface area (Å²) >= 11 is 0. The van der Waals surface area contributed by atoms with Crippen molar-refractivity contribution in [1.29, 1.82) is 0 Å². The van der Waals surface area contributed by atoms with E-state index in [1.165, 1.54) is 0 Å². The van der Waals surface area contributed by atoms with Crippen LogP contribution in [0.15, 0.2) is 30.7 Å². The first-order chi connectivity index (χ1) is 9.06. The molecular weight excluding hydrogens is 242 g/mol. The number of rotatable bonds is 5. The predicted octanol–water partition coefficient (Wildman–Crippen LogP) is 1.04. The lowest BCUT2D eigenvalue weighted by Gasteiger charge is -2.08. The van der Waals surface area contributed by atoms with Gasteiger partial charge in [0.1, 0.15) is 5.69 Å². The van der Waals surface area contributed by atoms with E-state index < -0.39 is 0 Å². The monoisotopic (exact) mass is 261 g/mol. The van der Waals surface area contributed by atoms with Gasteiger partial charge in [-0.3, -0.25) is 9.48 Å². The zero-order chi connectivity index (χ0) is 13.8. The van der Waals surface area contributed by atoms with E-state index in [2.05, 4.69) is 15.3 Å². The van der Waals surface area contributed by atoms with E-state index in [0.717, 1.165) is 13.1 Å². The van der Waals surface area contributed by atoms with Crippen LogP contribution in [0.25, 0.3) is 0 Å². The highest BCUT2D eigenvalue weighted by Crippen LogP contribution is 2.08. The first-order valence-electron chi connectivity index (χ1n) is 6.16. The minimum absolute atomic E-state index is 0.125. The summed E-state index contributed by atoms with van der Waals surface area (Å²) in [5.74, 6) is -0.125. The van der Waals surface area contributed by atoms with Gasteiger partial charge in [-0.05, 0) is 26.2 Å². The largest absolute Gasteiger partial charge is 0.347 e. The molecule has 2 heterocycles. The van der Waals surface area contributed by atoms with Crippen LogP contribution in [0, 0.1) is 0 Å². The quantitative estimate of drug-likeness (QED) is 0.875. The van der Waals surface area contributed by atoms with Crippen molar-refractivity contribution in [1.82, 2.24) is 19.2 Å². The van der Waals surface area contributed by atoms with Gasteiger partial charge >= 0.3 is 0 Å². The molecule has 0 atom stereocenters. The third-order valence-corrected chi connectivity index (χ3v) is 2.84. The molecule has 0 aliphatic rings. The molecule has 0 aliphatic heterocycles. The first-order valence-corrected chi connectivity index (χ1v) is 6.16. The molecule has 0 fully saturated rings. The number of nitrogens with zero attached hydrogens (tertiary/aromatic N) is 4. The fourth-order valence-electron chi connectivity index (χ4n) is 1.75. The number of aromatic nitrogens is 3. The van der Waals surface area contributed by atoms with Crippen molar-refractivity contribution >= 4 is 11.6 Å². The van der Waals surface area contributed by atoms with Crippen LogP contribution in [0.1, 0.15) is 10.5 Å². The van der Waals surface area contributed by atoms with Crippen molar-refractivity contribution in [2.45, 2.75) is 6.54 Å². The maximum Gasteiger partial charge on any atom is 0.272 e. The number of aryl methyl sites for hydroxylation is 1. The van der Waals surface area contributed by atoms with Crippen LogP contribution in [-0.4, -0.2) is 45.8 Å². The molecule has 1 N–H and O–H groups in total. The molecule has 0 bridgehead atoms. The maximum absolute atomic E-state index is 12.0. The highest BCUT2D eigenvalue weighted by Gasteiger charge is 2.10. The van der Waals surface area contributed by atoms with Gasteiger partial charge < -0.3 is 14.8 Å². The molecule has 0 spiro atoms. The van der Waals surface area contributed by atoms with Gasteiger partial charge in [0.2, 0.25) is 0 Å². The topological polar surface area (TPSA) is 55.1 Å². The molecule has 6 nitrogen and oxygen atoms in total. The Labute approximate surface area is 112 Å². The standard InChI is InChI=1S/C13H19N5O/c1-16(2)7-8-18-10-11(9-14-18)15-13(19)12-5-4-6-17(12)3/h4-6,9-10H,7-8H2,1-3H3,(H,15,19). The fourth-order valence-corrected chi connectivity index (χ4v) is 1.75. The number of carbonyl (C=O) groups excluding carboxylic acids is 1. The van der Waals surface area contributed by atoms with Crippen molar-refractivity contribution in [3.8, 4) is 0 Å². The molecule has 2 aromatic heterocycles. The summed E-state index contributed by atoms with van der Waals surface area (Å²) in [7, 11) is 5.87. The molecule has 0 radical (unpaired) electrons. The van der Waals surface area contributed by atoms with E-state index in [4.69, 9.17) is 0 Å². The Morgan fingerprint density at radius 1 is 1.47 bits per heavy atom. The molecule has 0 aliphatic carbocycles. The molecule has 0 saturated heterocycles. The Bertz CT molecular complexity index is 555. The molecule has 0 saturated carbocycles. The molecule has 0 aromatic carbocycles. The lowest BCUT2D eigenvalue weighted by atomic mass is 10.4. The smallest absolute Gasteiger partial charge is 0.272 e. The first kappa shape index (κ1) is 13.4. The summed E-state index contributed by atoms with van der Waals surface area (Å²) in [6, 6.07) is 3.63. The fraction of sp³-hybridized carbons (Fsp3) is 0.385. The van der Waals surface area contributed by atoms with E-state index in [1.54, 1.807) is 16.8 Å². The van der Waals surface area contributed by atoms with Crippen molar-refractivity contribution in [2.75, 3.05) is 26.0 Å². The Balaban J connectivity index is 1.96. The number of carbonyl (C=O) groups is 1. The number of nitrogens with one attached hydrogen (secondary N) is 1. The molecule has 19 heavy (non-hydrogen) atoms. The maximum atomic E-state index is 12.0. The summed E-state index contributed by atoms with van der Waals surface area (Å²) in [6.07, 6.45) is 5.34. The lowest BCUT2D eigenvalue weighted by molar-refractivity contribution is 0.101. The van der Waals surface area contributed by atoms with Crippen LogP contribution in [0.2, 0.25) is 0 Å². The highest BCUT2D eigenvalue weighted by atomic mass is 16.1. The van der Waals surface area contributed by atoms with E-state index in [1.807, 2.05) is 44.3 Å². The second-order valence-electron chi connectivity index (χ2n) is 4.75. The van der Waals surface area contributed by atoms with Crippen LogP contribution in [-0.2, 0) is 13.6 Å². The normalized spacial score (nSPS) is 10.9. The van der Waals surface area contributed by atoms with E-state index >= 15 is 0 Å². The molecule has 1 amide bonds. The van der Waals surface area contributed by atoms with Crippen LogP contribution < -0.4 is 5.32 Å². The van der Waals surface area contributed by atoms with Gasteiger partial charge in [0.15, 0.2) is 0 Å². The summed E-state index contributed by atoms with van der Waals surface area (Å²) < 4.78 is 3.60. The number of amides is 1. The minimum Gasteiger partial charge on any atom is -0.347 e. The third-order valence-electron chi connectivity index (χ3n) is 2.84. The van der Waals surface area contributed by atoms with Crippen LogP contribution in [0.5, 0.6) is 0 Å². The van der Waals surface area contributed by atoms with Gasteiger partial charge in [-0.25, -0.2) is 0 Å². The SMILES string of the molecule is CN(C)CCn1cc(NC(=O)c2cccn2C)cn1.